The number of benzene rings is 1. The molecule has 0 saturated carbocycles. The first kappa shape index (κ1) is 13.3. The molecule has 2 aromatic rings. The van der Waals surface area contributed by atoms with Crippen LogP contribution in [0.5, 0.6) is 0 Å². The van der Waals surface area contributed by atoms with Crippen LogP contribution in [0, 0.1) is 5.82 Å². The zero-order chi connectivity index (χ0) is 13.3. The maximum absolute atomic E-state index is 13.6. The number of nitrogens with zero attached hydrogens (tertiary/aromatic N) is 2. The fourth-order valence-corrected chi connectivity index (χ4v) is 2.26. The Balaban J connectivity index is 2.30. The van der Waals surface area contributed by atoms with Crippen molar-refractivity contribution in [3.8, 4) is 0 Å². The molecule has 0 spiro atoms. The average Bonchev–Trinajstić information content (AvgIpc) is 2.73. The highest BCUT2D eigenvalue weighted by atomic mass is 35.7. The molecule has 0 saturated heterocycles. The van der Waals surface area contributed by atoms with Crippen LogP contribution in [0.15, 0.2) is 35.5 Å². The Kier molecular flexibility index (Phi) is 3.61. The number of rotatable bonds is 3. The van der Waals surface area contributed by atoms with Crippen LogP contribution in [0.25, 0.3) is 0 Å². The molecule has 96 valence electrons. The monoisotopic (exact) mass is 308 g/mol. The summed E-state index contributed by atoms with van der Waals surface area (Å²) in [6.07, 6.45) is 2.33. The predicted octanol–water partition coefficient (Wildman–Crippen LogP) is 2.65. The molecule has 0 amide bonds. The lowest BCUT2D eigenvalue weighted by molar-refractivity contribution is 0.585. The van der Waals surface area contributed by atoms with Gasteiger partial charge in [0.05, 0.1) is 17.8 Å². The van der Waals surface area contributed by atoms with Crippen LogP contribution in [0.3, 0.4) is 0 Å². The van der Waals surface area contributed by atoms with Gasteiger partial charge in [-0.2, -0.15) is 5.10 Å². The molecular weight excluding hydrogens is 302 g/mol. The molecule has 0 aliphatic heterocycles. The van der Waals surface area contributed by atoms with Crippen molar-refractivity contribution in [1.29, 1.82) is 0 Å². The predicted molar refractivity (Wildman–Crippen MR) is 65.8 cm³/mol. The summed E-state index contributed by atoms with van der Waals surface area (Å²) in [5.41, 5.74) is 0.309. The Hall–Kier alpha value is -1.11. The summed E-state index contributed by atoms with van der Waals surface area (Å²) >= 11 is 5.64. The third-order valence-corrected chi connectivity index (χ3v) is 3.86. The van der Waals surface area contributed by atoms with E-state index in [-0.39, 0.29) is 16.5 Å². The van der Waals surface area contributed by atoms with E-state index >= 15 is 0 Å². The van der Waals surface area contributed by atoms with Gasteiger partial charge in [-0.15, -0.1) is 0 Å². The summed E-state index contributed by atoms with van der Waals surface area (Å²) in [6, 6.07) is 4.57. The highest BCUT2D eigenvalue weighted by Gasteiger charge is 2.13. The van der Waals surface area contributed by atoms with Crippen molar-refractivity contribution in [3.63, 3.8) is 0 Å². The summed E-state index contributed by atoms with van der Waals surface area (Å²) < 4.78 is 37.0. The third-order valence-electron chi connectivity index (χ3n) is 2.26. The van der Waals surface area contributed by atoms with Crippen LogP contribution in [-0.2, 0) is 15.6 Å². The van der Waals surface area contributed by atoms with E-state index in [4.69, 9.17) is 22.3 Å². The van der Waals surface area contributed by atoms with Crippen molar-refractivity contribution in [1.82, 2.24) is 9.78 Å². The Morgan fingerprint density at radius 1 is 1.39 bits per heavy atom. The molecule has 1 aromatic carbocycles. The second-order valence-corrected chi connectivity index (χ2v) is 6.50. The van der Waals surface area contributed by atoms with E-state index in [2.05, 4.69) is 5.10 Å². The lowest BCUT2D eigenvalue weighted by atomic mass is 10.2. The van der Waals surface area contributed by atoms with Crippen molar-refractivity contribution in [3.05, 3.63) is 47.0 Å². The van der Waals surface area contributed by atoms with Crippen molar-refractivity contribution < 1.29 is 12.8 Å². The van der Waals surface area contributed by atoms with E-state index in [1.165, 1.54) is 23.0 Å². The third kappa shape index (κ3) is 2.82. The van der Waals surface area contributed by atoms with Gasteiger partial charge in [-0.05, 0) is 6.07 Å². The summed E-state index contributed by atoms with van der Waals surface area (Å²) in [7, 11) is 1.33. The molecule has 1 aromatic heterocycles. The molecule has 1 heterocycles. The fraction of sp³-hybridized carbons (Fsp3) is 0.100. The Bertz CT molecular complexity index is 685. The molecular formula is C10H7Cl2FN2O2S. The smallest absolute Gasteiger partial charge is 0.264 e. The van der Waals surface area contributed by atoms with Crippen molar-refractivity contribution in [2.75, 3.05) is 0 Å². The highest BCUT2D eigenvalue weighted by molar-refractivity contribution is 8.13. The lowest BCUT2D eigenvalue weighted by Gasteiger charge is -2.04. The first-order valence-electron chi connectivity index (χ1n) is 4.78. The van der Waals surface area contributed by atoms with Gasteiger partial charge in [0.2, 0.25) is 0 Å². The van der Waals surface area contributed by atoms with Crippen LogP contribution in [0.4, 0.5) is 4.39 Å². The Morgan fingerprint density at radius 3 is 2.72 bits per heavy atom. The molecule has 0 aliphatic carbocycles. The minimum absolute atomic E-state index is 0.00449. The molecule has 2 rings (SSSR count). The van der Waals surface area contributed by atoms with Crippen LogP contribution in [0.2, 0.25) is 5.02 Å². The summed E-state index contributed by atoms with van der Waals surface area (Å²) in [5.74, 6) is -0.551. The number of aromatic nitrogens is 2. The molecule has 0 atom stereocenters. The van der Waals surface area contributed by atoms with Crippen molar-refractivity contribution in [2.24, 2.45) is 0 Å². The molecule has 0 radical (unpaired) electrons. The maximum atomic E-state index is 13.6. The van der Waals surface area contributed by atoms with E-state index < -0.39 is 14.9 Å². The van der Waals surface area contributed by atoms with E-state index in [0.717, 1.165) is 6.20 Å². The van der Waals surface area contributed by atoms with Gasteiger partial charge in [0.25, 0.3) is 9.05 Å². The van der Waals surface area contributed by atoms with Gasteiger partial charge in [0.15, 0.2) is 0 Å². The van der Waals surface area contributed by atoms with Crippen molar-refractivity contribution >= 4 is 31.3 Å². The number of hydrogen-bond acceptors (Lipinski definition) is 3. The second-order valence-electron chi connectivity index (χ2n) is 3.52. The largest absolute Gasteiger partial charge is 0.267 e. The van der Waals surface area contributed by atoms with Gasteiger partial charge in [-0.3, -0.25) is 4.68 Å². The number of halogens is 3. The van der Waals surface area contributed by atoms with Gasteiger partial charge < -0.3 is 0 Å². The minimum Gasteiger partial charge on any atom is -0.267 e. The Labute approximate surface area is 112 Å². The van der Waals surface area contributed by atoms with E-state index in [0.29, 0.717) is 5.56 Å². The standard InChI is InChI=1S/C10H7Cl2FN2O2S/c11-9-3-1-2-7(10(9)13)5-15-6-8(4-14-15)18(12,16)17/h1-4,6H,5H2. The van der Waals surface area contributed by atoms with Gasteiger partial charge in [-0.25, -0.2) is 12.8 Å². The lowest BCUT2D eigenvalue weighted by Crippen LogP contribution is -2.02. The molecule has 0 fully saturated rings. The van der Waals surface area contributed by atoms with Crippen LogP contribution < -0.4 is 0 Å². The zero-order valence-electron chi connectivity index (χ0n) is 8.85. The Morgan fingerprint density at radius 2 is 2.11 bits per heavy atom. The zero-order valence-corrected chi connectivity index (χ0v) is 11.2. The maximum Gasteiger partial charge on any atom is 0.264 e. The van der Waals surface area contributed by atoms with Crippen LogP contribution in [-0.4, -0.2) is 18.2 Å². The van der Waals surface area contributed by atoms with Crippen molar-refractivity contribution in [2.45, 2.75) is 11.4 Å². The first-order chi connectivity index (χ1) is 8.38. The quantitative estimate of drug-likeness (QED) is 0.819. The van der Waals surface area contributed by atoms with Gasteiger partial charge >= 0.3 is 0 Å². The van der Waals surface area contributed by atoms with Gasteiger partial charge in [0.1, 0.15) is 10.7 Å². The molecule has 0 aliphatic rings. The SMILES string of the molecule is O=S(=O)(Cl)c1cnn(Cc2cccc(Cl)c2F)c1. The summed E-state index contributed by atoms with van der Waals surface area (Å²) in [6.45, 7) is 0.0683. The highest BCUT2D eigenvalue weighted by Crippen LogP contribution is 2.19. The first-order valence-corrected chi connectivity index (χ1v) is 7.46. The minimum atomic E-state index is -3.82. The molecule has 0 bridgehead atoms. The van der Waals surface area contributed by atoms with Gasteiger partial charge in [0, 0.05) is 22.4 Å². The van der Waals surface area contributed by atoms with Gasteiger partial charge in [-0.1, -0.05) is 23.7 Å². The molecule has 0 unspecified atom stereocenters. The fourth-order valence-electron chi connectivity index (χ4n) is 1.40. The van der Waals surface area contributed by atoms with E-state index in [1.54, 1.807) is 6.07 Å². The molecule has 18 heavy (non-hydrogen) atoms. The molecule has 8 heteroatoms. The van der Waals surface area contributed by atoms with E-state index in [1.807, 2.05) is 0 Å². The second kappa shape index (κ2) is 4.87. The van der Waals surface area contributed by atoms with Crippen LogP contribution in [0.1, 0.15) is 5.56 Å². The number of hydrogen-bond donors (Lipinski definition) is 0. The summed E-state index contributed by atoms with van der Waals surface area (Å²) in [5, 5.41) is 3.80. The topological polar surface area (TPSA) is 52.0 Å². The normalized spacial score (nSPS) is 11.7. The van der Waals surface area contributed by atoms with E-state index in [9.17, 15) is 12.8 Å². The summed E-state index contributed by atoms with van der Waals surface area (Å²) in [4.78, 5) is -0.133. The van der Waals surface area contributed by atoms with Crippen LogP contribution >= 0.6 is 22.3 Å². The molecule has 4 nitrogen and oxygen atoms in total. The average molecular weight is 309 g/mol. The molecule has 0 N–H and O–H groups in total.